The molecule has 1 aromatic carbocycles. The molecule has 0 aromatic heterocycles. The number of piperidine rings is 1. The third-order valence-electron chi connectivity index (χ3n) is 4.68. The number of nitrogens with one attached hydrogen (secondary N) is 2. The Balaban J connectivity index is 1.63. The summed E-state index contributed by atoms with van der Waals surface area (Å²) < 4.78 is 0. The maximum absolute atomic E-state index is 12.5. The zero-order chi connectivity index (χ0) is 18.0. The van der Waals surface area contributed by atoms with Crippen molar-refractivity contribution < 1.29 is 19.2 Å². The number of hydrogen-bond acceptors (Lipinski definition) is 4. The number of benzene rings is 1. The molecule has 0 aliphatic carbocycles. The number of carbonyl (C=O) groups excluding carboxylic acids is 4. The van der Waals surface area contributed by atoms with Gasteiger partial charge in [-0.05, 0) is 25.0 Å². The van der Waals surface area contributed by atoms with Gasteiger partial charge < -0.3 is 21.3 Å². The second-order valence-corrected chi connectivity index (χ2v) is 6.32. The van der Waals surface area contributed by atoms with Gasteiger partial charge in [0.1, 0.15) is 6.04 Å². The lowest BCUT2D eigenvalue weighted by Gasteiger charge is -2.31. The van der Waals surface area contributed by atoms with Crippen LogP contribution in [0, 0.1) is 5.92 Å². The van der Waals surface area contributed by atoms with Gasteiger partial charge in [-0.3, -0.25) is 19.2 Å². The van der Waals surface area contributed by atoms with Crippen molar-refractivity contribution in [3.63, 3.8) is 0 Å². The van der Waals surface area contributed by atoms with E-state index in [1.165, 1.54) is 0 Å². The second-order valence-electron chi connectivity index (χ2n) is 6.32. The first-order chi connectivity index (χ1) is 12.0. The number of nitrogens with zero attached hydrogens (tertiary/aromatic N) is 1. The normalized spacial score (nSPS) is 21.0. The minimum atomic E-state index is -0.929. The van der Waals surface area contributed by atoms with Crippen molar-refractivity contribution in [3.8, 4) is 0 Å². The van der Waals surface area contributed by atoms with E-state index in [1.54, 1.807) is 29.2 Å². The second kappa shape index (κ2) is 6.92. The van der Waals surface area contributed by atoms with E-state index < -0.39 is 11.9 Å². The molecule has 3 rings (SSSR count). The summed E-state index contributed by atoms with van der Waals surface area (Å²) in [6.45, 7) is 0.851. The molecule has 0 saturated carbocycles. The molecule has 1 fully saturated rings. The van der Waals surface area contributed by atoms with Crippen LogP contribution in [0.1, 0.15) is 29.6 Å². The molecule has 2 aliphatic rings. The minimum Gasteiger partial charge on any atom is -0.369 e. The van der Waals surface area contributed by atoms with E-state index >= 15 is 0 Å². The van der Waals surface area contributed by atoms with Crippen molar-refractivity contribution in [2.45, 2.75) is 25.3 Å². The molecule has 0 radical (unpaired) electrons. The van der Waals surface area contributed by atoms with Crippen LogP contribution in [0.4, 0.5) is 5.69 Å². The van der Waals surface area contributed by atoms with Crippen molar-refractivity contribution >= 4 is 29.3 Å². The Bertz CT molecular complexity index is 725. The van der Waals surface area contributed by atoms with Gasteiger partial charge >= 0.3 is 0 Å². The van der Waals surface area contributed by atoms with Crippen LogP contribution in [0.2, 0.25) is 0 Å². The highest BCUT2D eigenvalue weighted by Gasteiger charge is 2.32. The van der Waals surface area contributed by atoms with Crippen molar-refractivity contribution in [1.29, 1.82) is 0 Å². The molecule has 1 atom stereocenters. The molecular weight excluding hydrogens is 324 g/mol. The van der Waals surface area contributed by atoms with E-state index in [1.807, 2.05) is 0 Å². The van der Waals surface area contributed by atoms with Crippen LogP contribution >= 0.6 is 0 Å². The number of hydrogen-bond donors (Lipinski definition) is 3. The Hall–Kier alpha value is -2.90. The van der Waals surface area contributed by atoms with Crippen LogP contribution in [0.3, 0.4) is 0 Å². The molecule has 1 saturated heterocycles. The molecule has 8 heteroatoms. The quantitative estimate of drug-likeness (QED) is 0.706. The first-order valence-corrected chi connectivity index (χ1v) is 8.23. The molecule has 8 nitrogen and oxygen atoms in total. The fraction of sp³-hybridized carbons (Fsp3) is 0.412. The highest BCUT2D eigenvalue weighted by atomic mass is 16.2. The predicted molar refractivity (Wildman–Crippen MR) is 89.4 cm³/mol. The SMILES string of the molecule is NC(=O)C1CCN(C(=O)CC2NC(=O)c3ccccc3NC2=O)CC1. The number of amides is 4. The lowest BCUT2D eigenvalue weighted by atomic mass is 9.96. The summed E-state index contributed by atoms with van der Waals surface area (Å²) in [6, 6.07) is 5.76. The van der Waals surface area contributed by atoms with Crippen LogP contribution in [-0.2, 0) is 14.4 Å². The zero-order valence-electron chi connectivity index (χ0n) is 13.7. The van der Waals surface area contributed by atoms with E-state index in [0.29, 0.717) is 37.2 Å². The Morgan fingerprint density at radius 1 is 1.16 bits per heavy atom. The van der Waals surface area contributed by atoms with Gasteiger partial charge in [0.2, 0.25) is 17.7 Å². The Kier molecular flexibility index (Phi) is 4.69. The van der Waals surface area contributed by atoms with Crippen molar-refractivity contribution in [2.75, 3.05) is 18.4 Å². The van der Waals surface area contributed by atoms with Crippen LogP contribution in [0.5, 0.6) is 0 Å². The highest BCUT2D eigenvalue weighted by molar-refractivity contribution is 6.10. The third kappa shape index (κ3) is 3.62. The largest absolute Gasteiger partial charge is 0.369 e. The molecule has 2 heterocycles. The van der Waals surface area contributed by atoms with Crippen LogP contribution in [0.25, 0.3) is 0 Å². The Labute approximate surface area is 144 Å². The molecule has 0 bridgehead atoms. The molecule has 2 aliphatic heterocycles. The van der Waals surface area contributed by atoms with Crippen LogP contribution in [0.15, 0.2) is 24.3 Å². The van der Waals surface area contributed by atoms with Crippen molar-refractivity contribution in [1.82, 2.24) is 10.2 Å². The number of para-hydroxylation sites is 1. The number of carbonyl (C=O) groups is 4. The van der Waals surface area contributed by atoms with E-state index in [9.17, 15) is 19.2 Å². The van der Waals surface area contributed by atoms with Gasteiger partial charge in [0.15, 0.2) is 0 Å². The van der Waals surface area contributed by atoms with E-state index in [0.717, 1.165) is 0 Å². The van der Waals surface area contributed by atoms with Gasteiger partial charge in [0, 0.05) is 19.0 Å². The van der Waals surface area contributed by atoms with Crippen molar-refractivity contribution in [2.24, 2.45) is 11.7 Å². The predicted octanol–water partition coefficient (Wildman–Crippen LogP) is -0.149. The number of likely N-dealkylation sites (tertiary alicyclic amines) is 1. The topological polar surface area (TPSA) is 122 Å². The van der Waals surface area contributed by atoms with Crippen molar-refractivity contribution in [3.05, 3.63) is 29.8 Å². The molecular formula is C17H20N4O4. The molecule has 4 N–H and O–H groups in total. The average molecular weight is 344 g/mol. The molecule has 1 aromatic rings. The Morgan fingerprint density at radius 3 is 2.52 bits per heavy atom. The Morgan fingerprint density at radius 2 is 1.84 bits per heavy atom. The summed E-state index contributed by atoms with van der Waals surface area (Å²) in [5.41, 5.74) is 6.09. The van der Waals surface area contributed by atoms with Crippen LogP contribution in [-0.4, -0.2) is 47.7 Å². The van der Waals surface area contributed by atoms with E-state index in [4.69, 9.17) is 5.73 Å². The van der Waals surface area contributed by atoms with Gasteiger partial charge in [0.05, 0.1) is 17.7 Å². The zero-order valence-corrected chi connectivity index (χ0v) is 13.7. The van der Waals surface area contributed by atoms with Crippen LogP contribution < -0.4 is 16.4 Å². The number of primary amides is 1. The maximum Gasteiger partial charge on any atom is 0.254 e. The third-order valence-corrected chi connectivity index (χ3v) is 4.68. The smallest absolute Gasteiger partial charge is 0.254 e. The summed E-state index contributed by atoms with van der Waals surface area (Å²) in [5.74, 6) is -1.59. The lowest BCUT2D eigenvalue weighted by molar-refractivity contribution is -0.136. The van der Waals surface area contributed by atoms with Gasteiger partial charge in [-0.15, -0.1) is 0 Å². The standard InChI is InChI=1S/C17H20N4O4/c18-15(23)10-5-7-21(8-6-10)14(22)9-13-17(25)19-12-4-2-1-3-11(12)16(24)20-13/h1-4,10,13H,5-9H2,(H2,18,23)(H,19,25)(H,20,24). The van der Waals surface area contributed by atoms with Gasteiger partial charge in [-0.2, -0.15) is 0 Å². The highest BCUT2D eigenvalue weighted by Crippen LogP contribution is 2.21. The lowest BCUT2D eigenvalue weighted by Crippen LogP contribution is -2.47. The summed E-state index contributed by atoms with van der Waals surface area (Å²) in [7, 11) is 0. The van der Waals surface area contributed by atoms with E-state index in [-0.39, 0.29) is 30.1 Å². The fourth-order valence-electron chi connectivity index (χ4n) is 3.17. The average Bonchev–Trinajstić information content (AvgIpc) is 2.72. The number of fused-ring (bicyclic) bond motifs is 1. The van der Waals surface area contributed by atoms with Gasteiger partial charge in [0.25, 0.3) is 5.91 Å². The molecule has 0 spiro atoms. The first-order valence-electron chi connectivity index (χ1n) is 8.23. The molecule has 1 unspecified atom stereocenters. The maximum atomic E-state index is 12.5. The fourth-order valence-corrected chi connectivity index (χ4v) is 3.17. The van der Waals surface area contributed by atoms with Gasteiger partial charge in [-0.1, -0.05) is 12.1 Å². The molecule has 132 valence electrons. The number of anilines is 1. The molecule has 25 heavy (non-hydrogen) atoms. The molecule has 4 amide bonds. The number of nitrogens with two attached hydrogens (primary N) is 1. The van der Waals surface area contributed by atoms with Gasteiger partial charge in [-0.25, -0.2) is 0 Å². The summed E-state index contributed by atoms with van der Waals surface area (Å²) in [5, 5.41) is 5.29. The minimum absolute atomic E-state index is 0.118. The first kappa shape index (κ1) is 16.9. The summed E-state index contributed by atoms with van der Waals surface area (Å²) in [6.07, 6.45) is 0.929. The van der Waals surface area contributed by atoms with E-state index in [2.05, 4.69) is 10.6 Å². The summed E-state index contributed by atoms with van der Waals surface area (Å²) >= 11 is 0. The monoisotopic (exact) mass is 344 g/mol. The number of rotatable bonds is 3. The summed E-state index contributed by atoms with van der Waals surface area (Å²) in [4.78, 5) is 49.8.